The molecule has 1 aromatic carbocycles. The minimum absolute atomic E-state index is 0.836. The number of nitrogens with zero attached hydrogens (tertiary/aromatic N) is 2. The average molecular weight is 250 g/mol. The summed E-state index contributed by atoms with van der Waals surface area (Å²) in [6.07, 6.45) is 3.58. The van der Waals surface area contributed by atoms with Crippen LogP contribution in [0.25, 0.3) is 10.9 Å². The number of hydrogen-bond donors (Lipinski definition) is 2. The fourth-order valence-electron chi connectivity index (χ4n) is 2.01. The maximum absolute atomic E-state index is 4.35. The first-order valence-corrected chi connectivity index (χ1v) is 6.11. The second-order valence-corrected chi connectivity index (χ2v) is 4.18. The molecule has 0 saturated heterocycles. The summed E-state index contributed by atoms with van der Waals surface area (Å²) in [5.74, 6) is 0.836. The third-order valence-electron chi connectivity index (χ3n) is 2.94. The molecule has 19 heavy (non-hydrogen) atoms. The Bertz CT molecular complexity index is 704. The SMILES string of the molecule is CNc1cc(Nc2cccc3ncccc23)ccn1. The van der Waals surface area contributed by atoms with Crippen LogP contribution in [-0.4, -0.2) is 17.0 Å². The van der Waals surface area contributed by atoms with Gasteiger partial charge in [0.05, 0.1) is 5.52 Å². The molecule has 4 nitrogen and oxygen atoms in total. The Morgan fingerprint density at radius 1 is 0.947 bits per heavy atom. The van der Waals surface area contributed by atoms with Gasteiger partial charge in [-0.25, -0.2) is 4.98 Å². The van der Waals surface area contributed by atoms with Crippen LogP contribution < -0.4 is 10.6 Å². The van der Waals surface area contributed by atoms with Gasteiger partial charge >= 0.3 is 0 Å². The van der Waals surface area contributed by atoms with Crippen molar-refractivity contribution in [1.29, 1.82) is 0 Å². The summed E-state index contributed by atoms with van der Waals surface area (Å²) in [7, 11) is 1.86. The number of aromatic nitrogens is 2. The smallest absolute Gasteiger partial charge is 0.127 e. The molecule has 0 spiro atoms. The molecule has 0 unspecified atom stereocenters. The maximum Gasteiger partial charge on any atom is 0.127 e. The van der Waals surface area contributed by atoms with Crippen LogP contribution in [0.5, 0.6) is 0 Å². The predicted molar refractivity (Wildman–Crippen MR) is 78.8 cm³/mol. The van der Waals surface area contributed by atoms with Crippen molar-refractivity contribution < 1.29 is 0 Å². The van der Waals surface area contributed by atoms with Gasteiger partial charge in [0.15, 0.2) is 0 Å². The molecule has 3 rings (SSSR count). The first kappa shape index (κ1) is 11.5. The van der Waals surface area contributed by atoms with Gasteiger partial charge in [0.25, 0.3) is 0 Å². The molecular weight excluding hydrogens is 236 g/mol. The van der Waals surface area contributed by atoms with Gasteiger partial charge < -0.3 is 10.6 Å². The highest BCUT2D eigenvalue weighted by atomic mass is 15.0. The largest absolute Gasteiger partial charge is 0.373 e. The highest BCUT2D eigenvalue weighted by Crippen LogP contribution is 2.25. The lowest BCUT2D eigenvalue weighted by Gasteiger charge is -2.10. The molecule has 0 bridgehead atoms. The standard InChI is InChI=1S/C15H14N4/c1-16-15-10-11(7-9-18-15)19-14-6-2-5-13-12(14)4-3-8-17-13/h2-10H,1H3,(H2,16,18,19). The van der Waals surface area contributed by atoms with E-state index in [9.17, 15) is 0 Å². The molecule has 0 saturated carbocycles. The van der Waals surface area contributed by atoms with Gasteiger partial charge in [-0.05, 0) is 30.3 Å². The Morgan fingerprint density at radius 3 is 2.79 bits per heavy atom. The lowest BCUT2D eigenvalue weighted by Crippen LogP contribution is -1.96. The number of rotatable bonds is 3. The van der Waals surface area contributed by atoms with Crippen LogP contribution >= 0.6 is 0 Å². The van der Waals surface area contributed by atoms with Crippen molar-refractivity contribution in [2.75, 3.05) is 17.7 Å². The van der Waals surface area contributed by atoms with E-state index in [1.165, 1.54) is 0 Å². The van der Waals surface area contributed by atoms with Gasteiger partial charge in [0, 0.05) is 42.3 Å². The van der Waals surface area contributed by atoms with E-state index in [2.05, 4.69) is 26.7 Å². The van der Waals surface area contributed by atoms with E-state index in [0.717, 1.165) is 28.1 Å². The van der Waals surface area contributed by atoms with Gasteiger partial charge in [0.2, 0.25) is 0 Å². The van der Waals surface area contributed by atoms with Crippen LogP contribution in [0.3, 0.4) is 0 Å². The van der Waals surface area contributed by atoms with Crippen molar-refractivity contribution in [3.05, 3.63) is 54.9 Å². The van der Waals surface area contributed by atoms with Crippen LogP contribution in [0.15, 0.2) is 54.9 Å². The Kier molecular flexibility index (Phi) is 2.98. The third kappa shape index (κ3) is 2.33. The molecule has 0 aliphatic carbocycles. The van der Waals surface area contributed by atoms with Crippen LogP contribution in [0, 0.1) is 0 Å². The molecule has 3 aromatic rings. The second kappa shape index (κ2) is 4.94. The minimum Gasteiger partial charge on any atom is -0.373 e. The second-order valence-electron chi connectivity index (χ2n) is 4.18. The summed E-state index contributed by atoms with van der Waals surface area (Å²) in [4.78, 5) is 8.55. The Balaban J connectivity index is 2.01. The van der Waals surface area contributed by atoms with Crippen molar-refractivity contribution in [3.63, 3.8) is 0 Å². The van der Waals surface area contributed by atoms with Crippen LogP contribution in [0.2, 0.25) is 0 Å². The summed E-state index contributed by atoms with van der Waals surface area (Å²) in [5.41, 5.74) is 3.02. The summed E-state index contributed by atoms with van der Waals surface area (Å²) in [5, 5.41) is 7.53. The molecular formula is C15H14N4. The van der Waals surface area contributed by atoms with Crippen LogP contribution in [0.1, 0.15) is 0 Å². The summed E-state index contributed by atoms with van der Waals surface area (Å²) >= 11 is 0. The molecule has 0 radical (unpaired) electrons. The van der Waals surface area contributed by atoms with Gasteiger partial charge in [-0.15, -0.1) is 0 Å². The average Bonchev–Trinajstić information content (AvgIpc) is 2.48. The predicted octanol–water partition coefficient (Wildman–Crippen LogP) is 3.42. The van der Waals surface area contributed by atoms with E-state index in [-0.39, 0.29) is 0 Å². The van der Waals surface area contributed by atoms with E-state index in [4.69, 9.17) is 0 Å². The summed E-state index contributed by atoms with van der Waals surface area (Å²) in [6.45, 7) is 0. The molecule has 4 heteroatoms. The van der Waals surface area contributed by atoms with E-state index in [0.29, 0.717) is 0 Å². The zero-order chi connectivity index (χ0) is 13.1. The number of nitrogens with one attached hydrogen (secondary N) is 2. The van der Waals surface area contributed by atoms with Crippen molar-refractivity contribution >= 4 is 28.1 Å². The highest BCUT2D eigenvalue weighted by molar-refractivity contribution is 5.93. The molecule has 0 amide bonds. The quantitative estimate of drug-likeness (QED) is 0.748. The lowest BCUT2D eigenvalue weighted by atomic mass is 10.2. The third-order valence-corrected chi connectivity index (χ3v) is 2.94. The number of fused-ring (bicyclic) bond motifs is 1. The topological polar surface area (TPSA) is 49.8 Å². The van der Waals surface area contributed by atoms with E-state index in [1.807, 2.05) is 43.4 Å². The Hall–Kier alpha value is -2.62. The molecule has 0 aliphatic rings. The molecule has 0 aliphatic heterocycles. The van der Waals surface area contributed by atoms with Crippen molar-refractivity contribution in [1.82, 2.24) is 9.97 Å². The van der Waals surface area contributed by atoms with Crippen LogP contribution in [-0.2, 0) is 0 Å². The van der Waals surface area contributed by atoms with Crippen molar-refractivity contribution in [2.24, 2.45) is 0 Å². The monoisotopic (exact) mass is 250 g/mol. The van der Waals surface area contributed by atoms with E-state index in [1.54, 1.807) is 12.4 Å². The number of anilines is 3. The maximum atomic E-state index is 4.35. The number of pyridine rings is 2. The number of benzene rings is 1. The fourth-order valence-corrected chi connectivity index (χ4v) is 2.01. The number of hydrogen-bond acceptors (Lipinski definition) is 4. The van der Waals surface area contributed by atoms with Crippen LogP contribution in [0.4, 0.5) is 17.2 Å². The van der Waals surface area contributed by atoms with Gasteiger partial charge in [-0.3, -0.25) is 4.98 Å². The fraction of sp³-hybridized carbons (Fsp3) is 0.0667. The van der Waals surface area contributed by atoms with Crippen molar-refractivity contribution in [3.8, 4) is 0 Å². The molecule has 2 heterocycles. The zero-order valence-corrected chi connectivity index (χ0v) is 10.6. The normalized spacial score (nSPS) is 10.4. The highest BCUT2D eigenvalue weighted by Gasteiger charge is 2.02. The van der Waals surface area contributed by atoms with Gasteiger partial charge in [0.1, 0.15) is 5.82 Å². The Labute approximate surface area is 111 Å². The molecule has 2 N–H and O–H groups in total. The summed E-state index contributed by atoms with van der Waals surface area (Å²) in [6, 6.07) is 14.0. The van der Waals surface area contributed by atoms with Crippen molar-refractivity contribution in [2.45, 2.75) is 0 Å². The molecule has 2 aromatic heterocycles. The van der Waals surface area contributed by atoms with Gasteiger partial charge in [-0.2, -0.15) is 0 Å². The summed E-state index contributed by atoms with van der Waals surface area (Å²) < 4.78 is 0. The first-order valence-electron chi connectivity index (χ1n) is 6.11. The van der Waals surface area contributed by atoms with E-state index >= 15 is 0 Å². The first-order chi connectivity index (χ1) is 9.36. The van der Waals surface area contributed by atoms with E-state index < -0.39 is 0 Å². The Morgan fingerprint density at radius 2 is 1.89 bits per heavy atom. The minimum atomic E-state index is 0.836. The van der Waals surface area contributed by atoms with Gasteiger partial charge in [-0.1, -0.05) is 6.07 Å². The zero-order valence-electron chi connectivity index (χ0n) is 10.6. The molecule has 0 atom stereocenters. The molecule has 94 valence electrons. The lowest BCUT2D eigenvalue weighted by molar-refractivity contribution is 1.28. The molecule has 0 fully saturated rings.